The minimum absolute atomic E-state index is 0.166. The van der Waals surface area contributed by atoms with E-state index in [1.165, 1.54) is 0 Å². The number of hydrogen-bond acceptors (Lipinski definition) is 9. The molecule has 0 aromatic rings. The zero-order valence-corrected chi connectivity index (χ0v) is 17.6. The number of ether oxygens (including phenoxy) is 9. The minimum Gasteiger partial charge on any atom is -0.377 e. The van der Waals surface area contributed by atoms with E-state index in [4.69, 9.17) is 42.6 Å². The highest BCUT2D eigenvalue weighted by molar-refractivity contribution is 4.65. The van der Waals surface area contributed by atoms with Gasteiger partial charge in [0.25, 0.3) is 0 Å². The van der Waals surface area contributed by atoms with Crippen molar-refractivity contribution >= 4 is 0 Å². The van der Waals surface area contributed by atoms with Crippen molar-refractivity contribution in [2.45, 2.75) is 6.10 Å². The molecule has 0 aromatic heterocycles. The first-order valence-corrected chi connectivity index (χ1v) is 10.3. The Morgan fingerprint density at radius 1 is 0.586 bits per heavy atom. The molecule has 0 N–H and O–H groups in total. The fraction of sp³-hybridized carbons (Fsp3) is 0.900. The van der Waals surface area contributed by atoms with E-state index in [0.29, 0.717) is 112 Å². The van der Waals surface area contributed by atoms with Gasteiger partial charge in [0.1, 0.15) is 6.10 Å². The highest BCUT2D eigenvalue weighted by Gasteiger charge is 2.10. The maximum Gasteiger partial charge on any atom is 0.104 e. The molecule has 1 aliphatic heterocycles. The second kappa shape index (κ2) is 22.1. The summed E-state index contributed by atoms with van der Waals surface area (Å²) in [7, 11) is 0. The maximum absolute atomic E-state index is 5.78. The lowest BCUT2D eigenvalue weighted by Gasteiger charge is -2.18. The Morgan fingerprint density at radius 3 is 1.38 bits per heavy atom. The van der Waals surface area contributed by atoms with Gasteiger partial charge in [-0.05, 0) is 0 Å². The average molecular weight is 423 g/mol. The molecule has 1 fully saturated rings. The van der Waals surface area contributed by atoms with Crippen molar-refractivity contribution in [1.82, 2.24) is 0 Å². The van der Waals surface area contributed by atoms with Crippen LogP contribution < -0.4 is 0 Å². The molecule has 0 saturated carbocycles. The van der Waals surface area contributed by atoms with Crippen LogP contribution in [0, 0.1) is 0 Å². The van der Waals surface area contributed by atoms with Crippen LogP contribution in [-0.4, -0.2) is 118 Å². The van der Waals surface area contributed by atoms with Crippen LogP contribution in [0.3, 0.4) is 0 Å². The Hall–Kier alpha value is -0.620. The molecule has 1 unspecified atom stereocenters. The van der Waals surface area contributed by atoms with Gasteiger partial charge in [0.15, 0.2) is 0 Å². The normalized spacial score (nSPS) is 24.3. The third-order valence-corrected chi connectivity index (χ3v) is 3.66. The van der Waals surface area contributed by atoms with Gasteiger partial charge in [-0.3, -0.25) is 0 Å². The Morgan fingerprint density at radius 2 is 0.966 bits per heavy atom. The highest BCUT2D eigenvalue weighted by atomic mass is 16.6. The summed E-state index contributed by atoms with van der Waals surface area (Å²) in [6.45, 7) is 12.2. The third kappa shape index (κ3) is 19.1. The maximum atomic E-state index is 5.78. The SMILES string of the molecule is C=CCOCC1COCCOCCOCCOCCOCCOCCOCCO1. The zero-order valence-electron chi connectivity index (χ0n) is 17.6. The van der Waals surface area contributed by atoms with E-state index >= 15 is 0 Å². The van der Waals surface area contributed by atoms with E-state index in [1.54, 1.807) is 6.08 Å². The summed E-state index contributed by atoms with van der Waals surface area (Å²) in [5, 5.41) is 0. The smallest absolute Gasteiger partial charge is 0.104 e. The minimum atomic E-state index is -0.166. The van der Waals surface area contributed by atoms with Gasteiger partial charge >= 0.3 is 0 Å². The van der Waals surface area contributed by atoms with Gasteiger partial charge < -0.3 is 42.6 Å². The Balaban J connectivity index is 2.21. The molecule has 9 nitrogen and oxygen atoms in total. The second-order valence-corrected chi connectivity index (χ2v) is 6.07. The fourth-order valence-corrected chi connectivity index (χ4v) is 2.24. The summed E-state index contributed by atoms with van der Waals surface area (Å²) >= 11 is 0. The molecule has 1 saturated heterocycles. The van der Waals surface area contributed by atoms with Gasteiger partial charge in [-0.2, -0.15) is 0 Å². The highest BCUT2D eigenvalue weighted by Crippen LogP contribution is 1.97. The summed E-state index contributed by atoms with van der Waals surface area (Å²) in [5.74, 6) is 0. The largest absolute Gasteiger partial charge is 0.377 e. The van der Waals surface area contributed by atoms with E-state index in [-0.39, 0.29) is 6.10 Å². The summed E-state index contributed by atoms with van der Waals surface area (Å²) in [6.07, 6.45) is 1.54. The molecule has 9 heteroatoms. The molecule has 1 aliphatic rings. The van der Waals surface area contributed by atoms with Crippen molar-refractivity contribution in [2.24, 2.45) is 0 Å². The first-order valence-electron chi connectivity index (χ1n) is 10.3. The first kappa shape index (κ1) is 26.4. The predicted molar refractivity (Wildman–Crippen MR) is 106 cm³/mol. The topological polar surface area (TPSA) is 83.1 Å². The van der Waals surface area contributed by atoms with Gasteiger partial charge in [-0.25, -0.2) is 0 Å². The van der Waals surface area contributed by atoms with Gasteiger partial charge in [0.2, 0.25) is 0 Å². The molecule has 1 heterocycles. The van der Waals surface area contributed by atoms with Crippen molar-refractivity contribution in [1.29, 1.82) is 0 Å². The van der Waals surface area contributed by atoms with Gasteiger partial charge in [-0.1, -0.05) is 6.08 Å². The van der Waals surface area contributed by atoms with E-state index in [1.807, 2.05) is 0 Å². The molecule has 172 valence electrons. The molecule has 0 aliphatic carbocycles. The molecule has 0 amide bonds. The van der Waals surface area contributed by atoms with Crippen molar-refractivity contribution in [3.05, 3.63) is 12.7 Å². The predicted octanol–water partition coefficient (Wildman–Crippen LogP) is 0.704. The van der Waals surface area contributed by atoms with Crippen LogP contribution in [0.5, 0.6) is 0 Å². The summed E-state index contributed by atoms with van der Waals surface area (Å²) in [4.78, 5) is 0. The van der Waals surface area contributed by atoms with Crippen molar-refractivity contribution in [2.75, 3.05) is 112 Å². The van der Waals surface area contributed by atoms with Crippen LogP contribution in [-0.2, 0) is 42.6 Å². The van der Waals surface area contributed by atoms with Crippen LogP contribution in [0.2, 0.25) is 0 Å². The molecule has 0 spiro atoms. The van der Waals surface area contributed by atoms with E-state index in [9.17, 15) is 0 Å². The monoisotopic (exact) mass is 422 g/mol. The molecular formula is C20H38O9. The lowest BCUT2D eigenvalue weighted by Crippen LogP contribution is -2.28. The molecule has 0 aromatic carbocycles. The fourth-order valence-electron chi connectivity index (χ4n) is 2.24. The molecule has 0 radical (unpaired) electrons. The molecule has 1 atom stereocenters. The molecule has 0 bridgehead atoms. The van der Waals surface area contributed by atoms with Crippen LogP contribution in [0.4, 0.5) is 0 Å². The quantitative estimate of drug-likeness (QED) is 0.480. The zero-order chi connectivity index (χ0) is 20.7. The molecular weight excluding hydrogens is 384 g/mol. The average Bonchev–Trinajstić information content (AvgIpc) is 2.73. The van der Waals surface area contributed by atoms with Gasteiger partial charge in [0.05, 0.1) is 112 Å². The van der Waals surface area contributed by atoms with Gasteiger partial charge in [-0.15, -0.1) is 6.58 Å². The molecule has 29 heavy (non-hydrogen) atoms. The molecule has 1 rings (SSSR count). The van der Waals surface area contributed by atoms with E-state index < -0.39 is 0 Å². The standard InChI is InChI=1S/C20H38O9/c1-2-3-27-18-20-19-28-15-14-25-11-10-23-7-6-21-4-5-22-8-9-24-12-13-26-16-17-29-20/h2,20H,1,3-19H2. The van der Waals surface area contributed by atoms with Crippen molar-refractivity contribution < 1.29 is 42.6 Å². The van der Waals surface area contributed by atoms with Crippen LogP contribution >= 0.6 is 0 Å². The summed E-state index contributed by atoms with van der Waals surface area (Å²) in [6, 6.07) is 0. The van der Waals surface area contributed by atoms with Crippen LogP contribution in [0.1, 0.15) is 0 Å². The third-order valence-electron chi connectivity index (χ3n) is 3.66. The lowest BCUT2D eigenvalue weighted by molar-refractivity contribution is -0.0805. The summed E-state index contributed by atoms with van der Waals surface area (Å²) < 4.78 is 49.6. The Labute approximate surface area is 174 Å². The first-order chi connectivity index (χ1) is 14.4. The summed E-state index contributed by atoms with van der Waals surface area (Å²) in [5.41, 5.74) is 0. The Kier molecular flexibility index (Phi) is 20.1. The van der Waals surface area contributed by atoms with Crippen molar-refractivity contribution in [3.8, 4) is 0 Å². The van der Waals surface area contributed by atoms with E-state index in [0.717, 1.165) is 0 Å². The second-order valence-electron chi connectivity index (χ2n) is 6.07. The lowest BCUT2D eigenvalue weighted by atomic mass is 10.4. The van der Waals surface area contributed by atoms with Crippen LogP contribution in [0.25, 0.3) is 0 Å². The Bertz CT molecular complexity index is 320. The van der Waals surface area contributed by atoms with Crippen LogP contribution in [0.15, 0.2) is 12.7 Å². The van der Waals surface area contributed by atoms with E-state index in [2.05, 4.69) is 6.58 Å². The van der Waals surface area contributed by atoms with Gasteiger partial charge in [0, 0.05) is 0 Å². The number of hydrogen-bond donors (Lipinski definition) is 0. The number of rotatable bonds is 4. The van der Waals surface area contributed by atoms with Crippen molar-refractivity contribution in [3.63, 3.8) is 0 Å².